The van der Waals surface area contributed by atoms with Gasteiger partial charge < -0.3 is 15.7 Å². The highest BCUT2D eigenvalue weighted by molar-refractivity contribution is 7.97. The molecule has 3 unspecified atom stereocenters. The molecule has 0 radical (unpaired) electrons. The van der Waals surface area contributed by atoms with Crippen LogP contribution in [0, 0.1) is 11.8 Å². The largest absolute Gasteiger partial charge is 0.396 e. The average molecular weight is 604 g/mol. The van der Waals surface area contributed by atoms with Crippen molar-refractivity contribution in [3.63, 3.8) is 0 Å². The molecule has 6 heteroatoms. The summed E-state index contributed by atoms with van der Waals surface area (Å²) in [6.07, 6.45) is 2.50. The molecule has 0 aliphatic heterocycles. The number of carbonyl (C=O) groups is 1. The number of hydrogen-bond acceptors (Lipinski definition) is 5. The van der Waals surface area contributed by atoms with Crippen LogP contribution in [0.3, 0.4) is 0 Å². The molecule has 4 aromatic rings. The van der Waals surface area contributed by atoms with Gasteiger partial charge in [-0.05, 0) is 89.2 Å². The molecule has 0 aromatic heterocycles. The fraction of sp³-hybridized carbons (Fsp3) is 0.237. The highest BCUT2D eigenvalue weighted by Crippen LogP contribution is 2.36. The Balaban J connectivity index is 1.16. The zero-order valence-electron chi connectivity index (χ0n) is 25.0. The maximum absolute atomic E-state index is 12.6. The third-order valence-corrected chi connectivity index (χ3v) is 9.01. The van der Waals surface area contributed by atoms with Crippen molar-refractivity contribution in [2.75, 3.05) is 13.2 Å². The Hall–Kier alpha value is -4.10. The fourth-order valence-corrected chi connectivity index (χ4v) is 6.45. The van der Waals surface area contributed by atoms with Crippen molar-refractivity contribution in [3.8, 4) is 0 Å². The van der Waals surface area contributed by atoms with E-state index in [1.54, 1.807) is 0 Å². The molecule has 0 saturated heterocycles. The van der Waals surface area contributed by atoms with Gasteiger partial charge in [-0.15, -0.1) is 0 Å². The summed E-state index contributed by atoms with van der Waals surface area (Å²) in [5.41, 5.74) is 7.66. The van der Waals surface area contributed by atoms with Crippen LogP contribution in [-0.2, 0) is 19.4 Å². The summed E-state index contributed by atoms with van der Waals surface area (Å²) in [5.74, 6) is 0.0779. The molecule has 5 rings (SSSR count). The van der Waals surface area contributed by atoms with E-state index in [0.717, 1.165) is 41.0 Å². The monoisotopic (exact) mass is 603 g/mol. The van der Waals surface area contributed by atoms with E-state index in [0.29, 0.717) is 18.7 Å². The maximum atomic E-state index is 12.6. The maximum Gasteiger partial charge on any atom is 0.251 e. The van der Waals surface area contributed by atoms with Gasteiger partial charge in [-0.3, -0.25) is 9.52 Å². The second-order valence-corrected chi connectivity index (χ2v) is 12.4. The molecule has 226 valence electrons. The van der Waals surface area contributed by atoms with Crippen LogP contribution in [0.15, 0.2) is 139 Å². The lowest BCUT2D eigenvalue weighted by Crippen LogP contribution is -2.30. The minimum absolute atomic E-state index is 0.0388. The summed E-state index contributed by atoms with van der Waals surface area (Å²) < 4.78 is 3.44. The SMILES string of the molecule is C=C(NC1C(=C)Cc2ccccc21)C(Cc1ccccc1)CC(CO)CNSc1ccc(C(=O)NCc2ccccc2)cc1. The first-order chi connectivity index (χ1) is 21.5. The molecule has 3 atom stereocenters. The molecule has 44 heavy (non-hydrogen) atoms. The van der Waals surface area contributed by atoms with E-state index in [4.69, 9.17) is 0 Å². The van der Waals surface area contributed by atoms with Crippen LogP contribution in [0.25, 0.3) is 0 Å². The predicted octanol–water partition coefficient (Wildman–Crippen LogP) is 7.03. The molecular formula is C38H41N3O2S. The highest BCUT2D eigenvalue weighted by atomic mass is 32.2. The first kappa shape index (κ1) is 31.3. The summed E-state index contributed by atoms with van der Waals surface area (Å²) in [6, 6.07) is 36.5. The standard InChI is InChI=1S/C38H41N3O2S/c1-27-21-33-15-9-10-16-36(33)37(27)41-28(2)34(22-29-11-5-3-6-12-29)23-31(26-42)25-40-44-35-19-17-32(18-20-35)38(43)39-24-30-13-7-4-8-14-30/h3-20,31,34,37,40-42H,1-2,21-26H2,(H,39,43). The lowest BCUT2D eigenvalue weighted by molar-refractivity contribution is 0.0951. The first-order valence-electron chi connectivity index (χ1n) is 15.2. The molecule has 0 bridgehead atoms. The van der Waals surface area contributed by atoms with Gasteiger partial charge in [0, 0.05) is 41.8 Å². The molecule has 0 heterocycles. The Kier molecular flexibility index (Phi) is 11.1. The second-order valence-electron chi connectivity index (χ2n) is 11.5. The van der Waals surface area contributed by atoms with Crippen molar-refractivity contribution in [1.29, 1.82) is 0 Å². The molecule has 5 nitrogen and oxygen atoms in total. The summed E-state index contributed by atoms with van der Waals surface area (Å²) in [4.78, 5) is 13.6. The van der Waals surface area contributed by atoms with Crippen LogP contribution in [0.1, 0.15) is 45.1 Å². The Morgan fingerprint density at radius 2 is 1.55 bits per heavy atom. The van der Waals surface area contributed by atoms with E-state index in [2.05, 4.69) is 77.0 Å². The van der Waals surface area contributed by atoms with Gasteiger partial charge >= 0.3 is 0 Å². The molecule has 1 amide bonds. The number of benzene rings is 4. The average Bonchev–Trinajstić information content (AvgIpc) is 3.38. The lowest BCUT2D eigenvalue weighted by atomic mass is 9.87. The van der Waals surface area contributed by atoms with Crippen LogP contribution in [0.5, 0.6) is 0 Å². The number of hydrogen-bond donors (Lipinski definition) is 4. The molecule has 1 aliphatic rings. The fourth-order valence-electron chi connectivity index (χ4n) is 5.70. The van der Waals surface area contributed by atoms with E-state index >= 15 is 0 Å². The molecule has 0 saturated carbocycles. The minimum atomic E-state index is -0.0957. The molecule has 0 spiro atoms. The summed E-state index contributed by atoms with van der Waals surface area (Å²) in [7, 11) is 0. The molecule has 4 N–H and O–H groups in total. The Morgan fingerprint density at radius 1 is 0.886 bits per heavy atom. The second kappa shape index (κ2) is 15.6. The first-order valence-corrected chi connectivity index (χ1v) is 16.0. The van der Waals surface area contributed by atoms with Crippen LogP contribution >= 0.6 is 11.9 Å². The van der Waals surface area contributed by atoms with Crippen molar-refractivity contribution < 1.29 is 9.90 Å². The summed E-state index contributed by atoms with van der Waals surface area (Å²) >= 11 is 1.51. The molecule has 4 aromatic carbocycles. The summed E-state index contributed by atoms with van der Waals surface area (Å²) in [5, 5.41) is 17.0. The zero-order valence-corrected chi connectivity index (χ0v) is 25.9. The van der Waals surface area contributed by atoms with Gasteiger partial charge in [0.25, 0.3) is 5.91 Å². The van der Waals surface area contributed by atoms with E-state index in [1.807, 2.05) is 60.7 Å². The van der Waals surface area contributed by atoms with Crippen LogP contribution in [0.4, 0.5) is 0 Å². The zero-order chi connectivity index (χ0) is 30.7. The third kappa shape index (κ3) is 8.50. The van der Waals surface area contributed by atoms with Crippen molar-refractivity contribution in [2.45, 2.75) is 36.7 Å². The predicted molar refractivity (Wildman–Crippen MR) is 181 cm³/mol. The summed E-state index contributed by atoms with van der Waals surface area (Å²) in [6.45, 7) is 10.1. The molecule has 1 aliphatic carbocycles. The number of carbonyl (C=O) groups excluding carboxylic acids is 1. The van der Waals surface area contributed by atoms with Gasteiger partial charge in [0.1, 0.15) is 0 Å². The van der Waals surface area contributed by atoms with E-state index in [-0.39, 0.29) is 30.4 Å². The quantitative estimate of drug-likeness (QED) is 0.0868. The number of allylic oxidation sites excluding steroid dienone is 1. The molecule has 0 fully saturated rings. The van der Waals surface area contributed by atoms with Crippen molar-refractivity contribution in [2.24, 2.45) is 11.8 Å². The Morgan fingerprint density at radius 3 is 2.25 bits per heavy atom. The van der Waals surface area contributed by atoms with Crippen molar-refractivity contribution >= 4 is 17.9 Å². The van der Waals surface area contributed by atoms with Gasteiger partial charge in [-0.2, -0.15) is 0 Å². The van der Waals surface area contributed by atoms with Crippen LogP contribution < -0.4 is 15.4 Å². The smallest absolute Gasteiger partial charge is 0.251 e. The normalized spacial score (nSPS) is 15.3. The number of aliphatic hydroxyl groups excluding tert-OH is 1. The minimum Gasteiger partial charge on any atom is -0.396 e. The van der Waals surface area contributed by atoms with Gasteiger partial charge in [-0.1, -0.05) is 98.1 Å². The van der Waals surface area contributed by atoms with Gasteiger partial charge in [-0.25, -0.2) is 0 Å². The molecular weight excluding hydrogens is 563 g/mol. The van der Waals surface area contributed by atoms with E-state index < -0.39 is 0 Å². The lowest BCUT2D eigenvalue weighted by Gasteiger charge is -2.28. The highest BCUT2D eigenvalue weighted by Gasteiger charge is 2.28. The van der Waals surface area contributed by atoms with Gasteiger partial charge in [0.15, 0.2) is 0 Å². The van der Waals surface area contributed by atoms with Gasteiger partial charge in [0.05, 0.1) is 6.04 Å². The Bertz CT molecular complexity index is 1540. The number of amides is 1. The van der Waals surface area contributed by atoms with Gasteiger partial charge in [0.2, 0.25) is 0 Å². The van der Waals surface area contributed by atoms with Crippen molar-refractivity contribution in [3.05, 3.63) is 161 Å². The Labute approximate surface area is 265 Å². The number of rotatable bonds is 15. The van der Waals surface area contributed by atoms with Crippen molar-refractivity contribution in [1.82, 2.24) is 15.4 Å². The van der Waals surface area contributed by atoms with Crippen LogP contribution in [0.2, 0.25) is 0 Å². The number of fused-ring (bicyclic) bond motifs is 1. The van der Waals surface area contributed by atoms with E-state index in [9.17, 15) is 9.90 Å². The van der Waals surface area contributed by atoms with Crippen LogP contribution in [-0.4, -0.2) is 24.2 Å². The third-order valence-electron chi connectivity index (χ3n) is 8.19. The number of aliphatic hydroxyl groups is 1. The number of nitrogens with one attached hydrogen (secondary N) is 3. The van der Waals surface area contributed by atoms with E-state index in [1.165, 1.54) is 28.6 Å². The topological polar surface area (TPSA) is 73.4 Å².